The second-order valence-corrected chi connectivity index (χ2v) is 11.8. The van der Waals surface area contributed by atoms with Gasteiger partial charge in [-0.05, 0) is 82.6 Å². The molecule has 0 saturated carbocycles. The summed E-state index contributed by atoms with van der Waals surface area (Å²) in [5.41, 5.74) is 1.70. The quantitative estimate of drug-likeness (QED) is 0.107. The van der Waals surface area contributed by atoms with Crippen LogP contribution in [0.5, 0.6) is 11.5 Å². The normalized spacial score (nSPS) is 13.0. The Morgan fingerprint density at radius 1 is 0.590 bits per heavy atom. The summed E-state index contributed by atoms with van der Waals surface area (Å²) in [4.78, 5) is 9.26. The lowest BCUT2D eigenvalue weighted by molar-refractivity contribution is 0.231. The first kappa shape index (κ1) is 32.9. The van der Waals surface area contributed by atoms with Crippen LogP contribution in [-0.2, 0) is 27.2 Å². The summed E-state index contributed by atoms with van der Waals surface area (Å²) in [7, 11) is -4.18. The molecule has 0 atom stereocenters. The Bertz CT molecular complexity index is 1060. The van der Waals surface area contributed by atoms with Crippen molar-refractivity contribution in [3.05, 3.63) is 59.7 Å². The highest BCUT2D eigenvalue weighted by Gasteiger charge is 2.34. The molecule has 0 unspecified atom stereocenters. The second kappa shape index (κ2) is 16.7. The second-order valence-electron chi connectivity index (χ2n) is 7.89. The van der Waals surface area contributed by atoms with E-state index in [1.54, 1.807) is 90.4 Å². The van der Waals surface area contributed by atoms with Gasteiger partial charge in [0, 0.05) is 24.2 Å². The highest BCUT2D eigenvalue weighted by Crippen LogP contribution is 2.53. The summed E-state index contributed by atoms with van der Waals surface area (Å²) in [6, 6.07) is 14.1. The summed E-state index contributed by atoms with van der Waals surface area (Å²) < 4.78 is 60.1. The van der Waals surface area contributed by atoms with Gasteiger partial charge in [0.2, 0.25) is 0 Å². The molecule has 0 N–H and O–H groups in total. The Hall–Kier alpha value is -2.32. The Balaban J connectivity index is 2.37. The van der Waals surface area contributed by atoms with Gasteiger partial charge in [0.05, 0.1) is 40.6 Å². The number of hydrogen-bond acceptors (Lipinski definition) is 10. The monoisotopic (exact) mass is 582 g/mol. The van der Waals surface area contributed by atoms with Gasteiger partial charge in [0.15, 0.2) is 10.9 Å². The summed E-state index contributed by atoms with van der Waals surface area (Å²) >= 11 is 0. The van der Waals surface area contributed by atoms with E-state index in [9.17, 15) is 9.13 Å². The maximum Gasteiger partial charge on any atom is 0.379 e. The van der Waals surface area contributed by atoms with Crippen LogP contribution in [0, 0.1) is 0 Å². The van der Waals surface area contributed by atoms with Crippen LogP contribution in [0.4, 0.5) is 0 Å². The molecule has 0 radical (unpaired) electrons. The van der Waals surface area contributed by atoms with Crippen molar-refractivity contribution in [2.24, 2.45) is 9.98 Å². The summed E-state index contributed by atoms with van der Waals surface area (Å²) in [5.74, 6) is 1.32. The highest BCUT2D eigenvalue weighted by atomic mass is 31.2. The van der Waals surface area contributed by atoms with E-state index in [1.165, 1.54) is 0 Å². The number of benzene rings is 2. The standard InChI is InChI=1S/C27H40N2O8P2/c1-7-34-38(30,35-8-2)26(22-12-16-24(32-5)17-13-22)28-20-11-21-29-27(39(31,36-9-3)37-10-4)23-14-18-25(33-6)19-15-23/h12-19H,7-11,20-21H2,1-6H3. The third kappa shape index (κ3) is 9.38. The molecule has 0 heterocycles. The van der Waals surface area contributed by atoms with Crippen molar-refractivity contribution in [3.8, 4) is 11.5 Å². The summed E-state index contributed by atoms with van der Waals surface area (Å²) in [6.07, 6.45) is 0.468. The van der Waals surface area contributed by atoms with E-state index in [-0.39, 0.29) is 50.4 Å². The number of ether oxygens (including phenoxy) is 2. The van der Waals surface area contributed by atoms with Crippen LogP contribution in [0.1, 0.15) is 45.2 Å². The minimum absolute atomic E-state index is 0.201. The lowest BCUT2D eigenvalue weighted by Gasteiger charge is -2.20. The minimum atomic E-state index is -3.67. The van der Waals surface area contributed by atoms with Crippen molar-refractivity contribution in [1.82, 2.24) is 0 Å². The first-order chi connectivity index (χ1) is 18.8. The number of rotatable bonds is 18. The van der Waals surface area contributed by atoms with E-state index in [0.717, 1.165) is 0 Å². The molecule has 216 valence electrons. The SMILES string of the molecule is CCOP(=O)(OCC)C(=NCCCN=C(c1ccc(OC)cc1)P(=O)(OCC)OCC)c1ccc(OC)cc1. The Morgan fingerprint density at radius 3 is 1.15 bits per heavy atom. The van der Waals surface area contributed by atoms with E-state index >= 15 is 0 Å². The van der Waals surface area contributed by atoms with Crippen LogP contribution in [0.25, 0.3) is 0 Å². The predicted octanol–water partition coefficient (Wildman–Crippen LogP) is 6.82. The van der Waals surface area contributed by atoms with Crippen LogP contribution < -0.4 is 9.47 Å². The lowest BCUT2D eigenvalue weighted by Crippen LogP contribution is -2.11. The van der Waals surface area contributed by atoms with Crippen LogP contribution >= 0.6 is 15.2 Å². The molecular weight excluding hydrogens is 542 g/mol. The zero-order valence-corrected chi connectivity index (χ0v) is 25.4. The summed E-state index contributed by atoms with van der Waals surface area (Å²) in [6.45, 7) is 8.36. The maximum atomic E-state index is 13.6. The Kier molecular flexibility index (Phi) is 14.1. The molecule has 2 aromatic carbocycles. The van der Waals surface area contributed by atoms with E-state index in [4.69, 9.17) is 27.6 Å². The average molecular weight is 583 g/mol. The average Bonchev–Trinajstić information content (AvgIpc) is 2.93. The van der Waals surface area contributed by atoms with Gasteiger partial charge in [-0.2, -0.15) is 0 Å². The minimum Gasteiger partial charge on any atom is -0.497 e. The molecule has 0 aliphatic rings. The van der Waals surface area contributed by atoms with Gasteiger partial charge in [0.25, 0.3) is 0 Å². The third-order valence-electron chi connectivity index (χ3n) is 5.25. The van der Waals surface area contributed by atoms with Gasteiger partial charge >= 0.3 is 15.2 Å². The molecule has 0 spiro atoms. The van der Waals surface area contributed by atoms with Crippen LogP contribution in [0.15, 0.2) is 58.5 Å². The van der Waals surface area contributed by atoms with E-state index in [2.05, 4.69) is 9.98 Å². The molecule has 12 heteroatoms. The van der Waals surface area contributed by atoms with Crippen molar-refractivity contribution >= 4 is 26.1 Å². The molecule has 0 bridgehead atoms. The zero-order chi connectivity index (χ0) is 28.7. The van der Waals surface area contributed by atoms with Gasteiger partial charge in [-0.1, -0.05) is 0 Å². The fourth-order valence-electron chi connectivity index (χ4n) is 3.59. The van der Waals surface area contributed by atoms with Gasteiger partial charge < -0.3 is 27.6 Å². The molecule has 0 saturated heterocycles. The molecular formula is C27H40N2O8P2. The number of nitrogens with zero attached hydrogens (tertiary/aromatic N) is 2. The third-order valence-corrected chi connectivity index (χ3v) is 9.48. The number of methoxy groups -OCH3 is 2. The molecule has 0 aliphatic carbocycles. The molecule has 0 amide bonds. The van der Waals surface area contributed by atoms with Gasteiger partial charge in [0.1, 0.15) is 11.5 Å². The van der Waals surface area contributed by atoms with Gasteiger partial charge in [-0.3, -0.25) is 19.1 Å². The van der Waals surface area contributed by atoms with Crippen molar-refractivity contribution in [3.63, 3.8) is 0 Å². The van der Waals surface area contributed by atoms with E-state index < -0.39 is 15.2 Å². The predicted molar refractivity (Wildman–Crippen MR) is 155 cm³/mol. The molecule has 0 aromatic heterocycles. The molecule has 0 aliphatic heterocycles. The largest absolute Gasteiger partial charge is 0.497 e. The fraction of sp³-hybridized carbons (Fsp3) is 0.481. The van der Waals surface area contributed by atoms with E-state index in [0.29, 0.717) is 29.0 Å². The molecule has 2 aromatic rings. The molecule has 2 rings (SSSR count). The van der Waals surface area contributed by atoms with E-state index in [1.807, 2.05) is 0 Å². The molecule has 0 fully saturated rings. The zero-order valence-electron chi connectivity index (χ0n) is 23.6. The lowest BCUT2D eigenvalue weighted by atomic mass is 10.2. The highest BCUT2D eigenvalue weighted by molar-refractivity contribution is 7.73. The Labute approximate surface area is 231 Å². The van der Waals surface area contributed by atoms with Crippen molar-refractivity contribution in [2.45, 2.75) is 34.1 Å². The van der Waals surface area contributed by atoms with Crippen molar-refractivity contribution in [1.29, 1.82) is 0 Å². The van der Waals surface area contributed by atoms with Crippen molar-refractivity contribution in [2.75, 3.05) is 53.7 Å². The van der Waals surface area contributed by atoms with Crippen LogP contribution in [0.3, 0.4) is 0 Å². The number of aliphatic imine (C=N–C) groups is 2. The maximum absolute atomic E-state index is 13.6. The first-order valence-corrected chi connectivity index (χ1v) is 16.1. The number of hydrogen-bond donors (Lipinski definition) is 0. The fourth-order valence-corrected chi connectivity index (χ4v) is 7.07. The molecule has 39 heavy (non-hydrogen) atoms. The molecule has 10 nitrogen and oxygen atoms in total. The Morgan fingerprint density at radius 2 is 0.897 bits per heavy atom. The van der Waals surface area contributed by atoms with Crippen LogP contribution in [0.2, 0.25) is 0 Å². The summed E-state index contributed by atoms with van der Waals surface area (Å²) in [5, 5.41) is 0. The van der Waals surface area contributed by atoms with Gasteiger partial charge in [-0.15, -0.1) is 0 Å². The topological polar surface area (TPSA) is 114 Å². The smallest absolute Gasteiger partial charge is 0.379 e. The van der Waals surface area contributed by atoms with Gasteiger partial charge in [-0.25, -0.2) is 0 Å². The first-order valence-electron chi connectivity index (χ1n) is 13.0. The van der Waals surface area contributed by atoms with Crippen molar-refractivity contribution < 1.29 is 36.7 Å². The van der Waals surface area contributed by atoms with Crippen LogP contribution in [-0.4, -0.2) is 64.6 Å².